The highest BCUT2D eigenvalue weighted by Crippen LogP contribution is 2.39. The van der Waals surface area contributed by atoms with Gasteiger partial charge in [-0.2, -0.15) is 5.10 Å². The van der Waals surface area contributed by atoms with Crippen molar-refractivity contribution in [3.8, 4) is 17.0 Å². The van der Waals surface area contributed by atoms with Crippen molar-refractivity contribution in [2.24, 2.45) is 7.05 Å². The number of nitrogens with one attached hydrogen (secondary N) is 1. The summed E-state index contributed by atoms with van der Waals surface area (Å²) < 4.78 is 30.6. The highest BCUT2D eigenvalue weighted by atomic mass is 35.5. The number of rotatable bonds is 5. The van der Waals surface area contributed by atoms with Gasteiger partial charge < -0.3 is 14.8 Å². The lowest BCUT2D eigenvalue weighted by molar-refractivity contribution is -0.0309. The van der Waals surface area contributed by atoms with Crippen LogP contribution in [0.15, 0.2) is 24.4 Å². The molecule has 1 unspecified atom stereocenters. The number of anilines is 2. The minimum absolute atomic E-state index is 0.0791. The van der Waals surface area contributed by atoms with Crippen LogP contribution in [-0.4, -0.2) is 38.0 Å². The van der Waals surface area contributed by atoms with Gasteiger partial charge in [0.25, 0.3) is 0 Å². The fourth-order valence-corrected chi connectivity index (χ4v) is 4.75. The number of fused-ring (bicyclic) bond motifs is 1. The quantitative estimate of drug-likeness (QED) is 0.366. The summed E-state index contributed by atoms with van der Waals surface area (Å²) in [6, 6.07) is 5.13. The van der Waals surface area contributed by atoms with Gasteiger partial charge in [0, 0.05) is 31.5 Å². The van der Waals surface area contributed by atoms with Gasteiger partial charge in [-0.1, -0.05) is 11.6 Å². The van der Waals surface area contributed by atoms with Crippen molar-refractivity contribution in [2.75, 3.05) is 19.0 Å². The SMILES string of the molecule is COc1c(Nc2cc(Cl)nc3c2nc(C)n3C2CCCCO2)ccc(-c2nn(C)cc2C)c1F. The Morgan fingerprint density at radius 3 is 2.71 bits per heavy atom. The zero-order valence-electron chi connectivity index (χ0n) is 19.5. The monoisotopic (exact) mass is 484 g/mol. The Kier molecular flexibility index (Phi) is 5.91. The molecule has 4 heterocycles. The highest BCUT2D eigenvalue weighted by Gasteiger charge is 2.24. The Bertz CT molecular complexity index is 1380. The minimum Gasteiger partial charge on any atom is -0.492 e. The average molecular weight is 485 g/mol. The molecule has 0 aliphatic carbocycles. The van der Waals surface area contributed by atoms with Crippen LogP contribution in [0.1, 0.15) is 36.9 Å². The smallest absolute Gasteiger partial charge is 0.178 e. The van der Waals surface area contributed by atoms with Crippen molar-refractivity contribution in [1.29, 1.82) is 0 Å². The minimum atomic E-state index is -0.497. The van der Waals surface area contributed by atoms with Crippen molar-refractivity contribution < 1.29 is 13.9 Å². The van der Waals surface area contributed by atoms with Gasteiger partial charge in [-0.25, -0.2) is 14.4 Å². The summed E-state index contributed by atoms with van der Waals surface area (Å²) in [5, 5.41) is 7.95. The van der Waals surface area contributed by atoms with E-state index in [1.54, 1.807) is 29.9 Å². The molecule has 34 heavy (non-hydrogen) atoms. The Labute approximate surface area is 201 Å². The second kappa shape index (κ2) is 8.88. The van der Waals surface area contributed by atoms with E-state index in [4.69, 9.17) is 26.1 Å². The molecule has 0 radical (unpaired) electrons. The molecule has 1 aromatic carbocycles. The Morgan fingerprint density at radius 2 is 2.03 bits per heavy atom. The lowest BCUT2D eigenvalue weighted by atomic mass is 10.1. The number of hydrogen-bond donors (Lipinski definition) is 1. The van der Waals surface area contributed by atoms with Crippen molar-refractivity contribution >= 4 is 34.1 Å². The third-order valence-electron chi connectivity index (χ3n) is 6.07. The molecule has 1 aliphatic rings. The van der Waals surface area contributed by atoms with Gasteiger partial charge in [-0.05, 0) is 50.8 Å². The lowest BCUT2D eigenvalue weighted by Crippen LogP contribution is -2.19. The molecular weight excluding hydrogens is 459 g/mol. The summed E-state index contributed by atoms with van der Waals surface area (Å²) in [5.41, 5.74) is 4.11. The van der Waals surface area contributed by atoms with Crippen LogP contribution in [0.2, 0.25) is 5.15 Å². The number of pyridine rings is 1. The molecule has 1 saturated heterocycles. The van der Waals surface area contributed by atoms with Crippen LogP contribution in [0.4, 0.5) is 15.8 Å². The van der Waals surface area contributed by atoms with Gasteiger partial charge in [0.15, 0.2) is 17.2 Å². The Morgan fingerprint density at radius 1 is 1.21 bits per heavy atom. The molecule has 4 aromatic rings. The second-order valence-electron chi connectivity index (χ2n) is 8.48. The predicted octanol–water partition coefficient (Wildman–Crippen LogP) is 5.69. The van der Waals surface area contributed by atoms with E-state index in [0.29, 0.717) is 45.6 Å². The van der Waals surface area contributed by atoms with Crippen LogP contribution < -0.4 is 10.1 Å². The van der Waals surface area contributed by atoms with E-state index in [1.807, 2.05) is 24.6 Å². The molecule has 0 bridgehead atoms. The van der Waals surface area contributed by atoms with E-state index in [0.717, 1.165) is 30.7 Å². The maximum Gasteiger partial charge on any atom is 0.178 e. The maximum atomic E-state index is 15.5. The Balaban J connectivity index is 1.58. The van der Waals surface area contributed by atoms with Crippen molar-refractivity contribution in [3.63, 3.8) is 0 Å². The topological polar surface area (TPSA) is 79.0 Å². The van der Waals surface area contributed by atoms with Crippen molar-refractivity contribution in [3.05, 3.63) is 46.8 Å². The lowest BCUT2D eigenvalue weighted by Gasteiger charge is -2.25. The first-order valence-corrected chi connectivity index (χ1v) is 11.6. The zero-order valence-corrected chi connectivity index (χ0v) is 20.3. The number of ether oxygens (including phenoxy) is 2. The largest absolute Gasteiger partial charge is 0.492 e. The number of aryl methyl sites for hydroxylation is 3. The van der Waals surface area contributed by atoms with Gasteiger partial charge in [-0.15, -0.1) is 0 Å². The summed E-state index contributed by atoms with van der Waals surface area (Å²) in [7, 11) is 3.24. The third kappa shape index (κ3) is 3.88. The maximum absolute atomic E-state index is 15.5. The molecule has 178 valence electrons. The molecule has 1 atom stereocenters. The third-order valence-corrected chi connectivity index (χ3v) is 6.27. The van der Waals surface area contributed by atoms with Gasteiger partial charge >= 0.3 is 0 Å². The average Bonchev–Trinajstić information content (AvgIpc) is 3.32. The van der Waals surface area contributed by atoms with Gasteiger partial charge in [0.2, 0.25) is 0 Å². The summed E-state index contributed by atoms with van der Waals surface area (Å²) in [4.78, 5) is 9.26. The van der Waals surface area contributed by atoms with Gasteiger partial charge in [-0.3, -0.25) is 9.25 Å². The number of benzene rings is 1. The highest BCUT2D eigenvalue weighted by molar-refractivity contribution is 6.30. The zero-order chi connectivity index (χ0) is 24.0. The number of halogens is 2. The summed E-state index contributed by atoms with van der Waals surface area (Å²) in [6.45, 7) is 4.51. The molecule has 5 rings (SSSR count). The molecule has 1 aliphatic heterocycles. The number of methoxy groups -OCH3 is 1. The molecule has 0 spiro atoms. The molecule has 8 nitrogen and oxygen atoms in total. The molecule has 1 fully saturated rings. The molecule has 3 aromatic heterocycles. The van der Waals surface area contributed by atoms with Crippen LogP contribution in [0.5, 0.6) is 5.75 Å². The van der Waals surface area contributed by atoms with E-state index < -0.39 is 5.82 Å². The summed E-state index contributed by atoms with van der Waals surface area (Å²) in [5.74, 6) is 0.359. The number of aromatic nitrogens is 5. The predicted molar refractivity (Wildman–Crippen MR) is 129 cm³/mol. The van der Waals surface area contributed by atoms with E-state index >= 15 is 4.39 Å². The normalized spacial score (nSPS) is 16.2. The molecule has 0 saturated carbocycles. The first-order chi connectivity index (χ1) is 16.4. The molecule has 10 heteroatoms. The number of imidazole rings is 1. The van der Waals surface area contributed by atoms with Crippen molar-refractivity contribution in [1.82, 2.24) is 24.3 Å². The molecule has 1 N–H and O–H groups in total. The van der Waals surface area contributed by atoms with Crippen LogP contribution >= 0.6 is 11.6 Å². The molecular formula is C24H26ClFN6O2. The first-order valence-electron chi connectivity index (χ1n) is 11.2. The summed E-state index contributed by atoms with van der Waals surface area (Å²) in [6.07, 6.45) is 4.72. The van der Waals surface area contributed by atoms with Crippen LogP contribution in [-0.2, 0) is 11.8 Å². The van der Waals surface area contributed by atoms with E-state index in [-0.39, 0.29) is 12.0 Å². The van der Waals surface area contributed by atoms with Crippen LogP contribution in [0.25, 0.3) is 22.4 Å². The van der Waals surface area contributed by atoms with Crippen LogP contribution in [0, 0.1) is 19.7 Å². The van der Waals surface area contributed by atoms with E-state index in [2.05, 4.69) is 15.4 Å². The second-order valence-corrected chi connectivity index (χ2v) is 8.87. The van der Waals surface area contributed by atoms with E-state index in [9.17, 15) is 0 Å². The fourth-order valence-electron chi connectivity index (χ4n) is 4.56. The van der Waals surface area contributed by atoms with Crippen LogP contribution in [0.3, 0.4) is 0 Å². The number of nitrogens with zero attached hydrogens (tertiary/aromatic N) is 5. The first kappa shape index (κ1) is 22.6. The summed E-state index contributed by atoms with van der Waals surface area (Å²) >= 11 is 6.39. The number of hydrogen-bond acceptors (Lipinski definition) is 6. The molecule has 0 amide bonds. The van der Waals surface area contributed by atoms with Gasteiger partial charge in [0.1, 0.15) is 22.7 Å². The Hall–Kier alpha value is -3.17. The van der Waals surface area contributed by atoms with Gasteiger partial charge in [0.05, 0.1) is 24.2 Å². The fraction of sp³-hybridized carbons (Fsp3) is 0.375. The van der Waals surface area contributed by atoms with E-state index in [1.165, 1.54) is 7.11 Å². The standard InChI is InChI=1S/C24H26ClFN6O2/c1-13-12-31(3)30-21(13)15-8-9-16(23(33-4)20(15)26)28-17-11-18(25)29-24-22(17)27-14(2)32(24)19-7-5-6-10-34-19/h8-9,11-12,19H,5-7,10H2,1-4H3,(H,28,29). The van der Waals surface area contributed by atoms with Crippen molar-refractivity contribution in [2.45, 2.75) is 39.3 Å².